The van der Waals surface area contributed by atoms with E-state index >= 15 is 0 Å². The first-order valence-corrected chi connectivity index (χ1v) is 5.70. The van der Waals surface area contributed by atoms with Crippen molar-refractivity contribution in [3.05, 3.63) is 5.82 Å². The van der Waals surface area contributed by atoms with Crippen LogP contribution in [0.15, 0.2) is 0 Å². The van der Waals surface area contributed by atoms with Gasteiger partial charge in [0.15, 0.2) is 5.82 Å². The molecule has 0 bridgehead atoms. The number of ether oxygens (including phenoxy) is 1. The van der Waals surface area contributed by atoms with Gasteiger partial charge in [0.2, 0.25) is 0 Å². The van der Waals surface area contributed by atoms with Crippen LogP contribution in [0.5, 0.6) is 0 Å². The average molecular weight is 227 g/mol. The Morgan fingerprint density at radius 2 is 2.12 bits per heavy atom. The number of nitrogens with zero attached hydrogens (tertiary/aromatic N) is 4. The van der Waals surface area contributed by atoms with Crippen molar-refractivity contribution in [3.63, 3.8) is 0 Å². The van der Waals surface area contributed by atoms with Gasteiger partial charge in [-0.25, -0.2) is 4.68 Å². The molecular formula is C10H21N5O. The van der Waals surface area contributed by atoms with Crippen molar-refractivity contribution in [3.8, 4) is 0 Å². The highest BCUT2D eigenvalue weighted by molar-refractivity contribution is 4.86. The normalized spacial score (nSPS) is 13.3. The van der Waals surface area contributed by atoms with Gasteiger partial charge in [-0.15, -0.1) is 5.10 Å². The number of hydrogen-bond acceptors (Lipinski definition) is 5. The van der Waals surface area contributed by atoms with E-state index in [4.69, 9.17) is 10.5 Å². The summed E-state index contributed by atoms with van der Waals surface area (Å²) in [4.78, 5) is 0. The topological polar surface area (TPSA) is 78.8 Å². The highest BCUT2D eigenvalue weighted by Gasteiger charge is 2.09. The quantitative estimate of drug-likeness (QED) is 0.695. The number of nitrogens with two attached hydrogens (primary N) is 1. The van der Waals surface area contributed by atoms with E-state index in [9.17, 15) is 0 Å². The maximum atomic E-state index is 5.73. The van der Waals surface area contributed by atoms with Gasteiger partial charge in [-0.2, -0.15) is 0 Å². The molecule has 0 saturated carbocycles. The van der Waals surface area contributed by atoms with Crippen LogP contribution in [0.4, 0.5) is 0 Å². The first-order valence-electron chi connectivity index (χ1n) is 5.70. The molecule has 1 heterocycles. The lowest BCUT2D eigenvalue weighted by molar-refractivity contribution is 0.104. The summed E-state index contributed by atoms with van der Waals surface area (Å²) < 4.78 is 7.22. The van der Waals surface area contributed by atoms with Crippen LogP contribution in [0, 0.1) is 5.92 Å². The second-order valence-electron chi connectivity index (χ2n) is 4.37. The van der Waals surface area contributed by atoms with Gasteiger partial charge < -0.3 is 10.5 Å². The Kier molecular flexibility index (Phi) is 5.34. The lowest BCUT2D eigenvalue weighted by Crippen LogP contribution is -2.15. The minimum atomic E-state index is -0.133. The molecule has 0 aliphatic carbocycles. The summed E-state index contributed by atoms with van der Waals surface area (Å²) in [5, 5.41) is 11.4. The standard InChI is InChI=1S/C10H21N5O/c1-8(2)7-16-6-4-5-15-10(9(3)11)12-13-14-15/h8-9H,4-7,11H2,1-3H3. The molecule has 6 nitrogen and oxygen atoms in total. The molecule has 0 radical (unpaired) electrons. The first kappa shape index (κ1) is 13.1. The molecule has 0 saturated heterocycles. The van der Waals surface area contributed by atoms with Crippen molar-refractivity contribution in [2.24, 2.45) is 11.7 Å². The van der Waals surface area contributed by atoms with Crippen molar-refractivity contribution < 1.29 is 4.74 Å². The Bertz CT molecular complexity index is 297. The molecule has 1 aromatic heterocycles. The SMILES string of the molecule is CC(C)COCCCn1nnnc1C(C)N. The molecule has 1 rings (SSSR count). The molecule has 6 heteroatoms. The smallest absolute Gasteiger partial charge is 0.167 e. The number of hydrogen-bond donors (Lipinski definition) is 1. The number of rotatable bonds is 7. The summed E-state index contributed by atoms with van der Waals surface area (Å²) >= 11 is 0. The highest BCUT2D eigenvalue weighted by atomic mass is 16.5. The molecule has 0 fully saturated rings. The van der Waals surface area contributed by atoms with E-state index in [1.807, 2.05) is 6.92 Å². The van der Waals surface area contributed by atoms with Crippen molar-refractivity contribution in [1.82, 2.24) is 20.2 Å². The van der Waals surface area contributed by atoms with Crippen LogP contribution in [0.25, 0.3) is 0 Å². The van der Waals surface area contributed by atoms with Gasteiger partial charge in [0.25, 0.3) is 0 Å². The van der Waals surface area contributed by atoms with Crippen LogP contribution in [-0.4, -0.2) is 33.4 Å². The number of aryl methyl sites for hydroxylation is 1. The summed E-state index contributed by atoms with van der Waals surface area (Å²) in [6, 6.07) is -0.133. The molecule has 0 amide bonds. The Labute approximate surface area is 96.2 Å². The molecule has 16 heavy (non-hydrogen) atoms. The maximum absolute atomic E-state index is 5.73. The van der Waals surface area contributed by atoms with Crippen molar-refractivity contribution >= 4 is 0 Å². The third kappa shape index (κ3) is 4.24. The molecule has 2 N–H and O–H groups in total. The zero-order chi connectivity index (χ0) is 12.0. The van der Waals surface area contributed by atoms with Gasteiger partial charge in [0.1, 0.15) is 0 Å². The number of aromatic nitrogens is 4. The minimum absolute atomic E-state index is 0.133. The Balaban J connectivity index is 2.24. The molecule has 1 unspecified atom stereocenters. The predicted octanol–water partition coefficient (Wildman–Crippen LogP) is 0.755. The van der Waals surface area contributed by atoms with E-state index in [0.29, 0.717) is 5.92 Å². The van der Waals surface area contributed by atoms with Crippen molar-refractivity contribution in [2.75, 3.05) is 13.2 Å². The first-order chi connectivity index (χ1) is 7.61. The molecule has 0 aliphatic heterocycles. The fourth-order valence-electron chi connectivity index (χ4n) is 1.33. The molecule has 0 spiro atoms. The monoisotopic (exact) mass is 227 g/mol. The van der Waals surface area contributed by atoms with E-state index in [-0.39, 0.29) is 6.04 Å². The highest BCUT2D eigenvalue weighted by Crippen LogP contribution is 2.04. The second-order valence-corrected chi connectivity index (χ2v) is 4.37. The van der Waals surface area contributed by atoms with Gasteiger partial charge in [0, 0.05) is 19.8 Å². The molecular weight excluding hydrogens is 206 g/mol. The average Bonchev–Trinajstić information content (AvgIpc) is 2.65. The molecule has 1 atom stereocenters. The summed E-state index contributed by atoms with van der Waals surface area (Å²) in [5.74, 6) is 1.30. The van der Waals surface area contributed by atoms with Crippen LogP contribution in [0.3, 0.4) is 0 Å². The van der Waals surface area contributed by atoms with Crippen LogP contribution in [-0.2, 0) is 11.3 Å². The van der Waals surface area contributed by atoms with Crippen LogP contribution >= 0.6 is 0 Å². The Hall–Kier alpha value is -1.01. The lowest BCUT2D eigenvalue weighted by Gasteiger charge is -2.08. The van der Waals surface area contributed by atoms with Crippen molar-refractivity contribution in [1.29, 1.82) is 0 Å². The zero-order valence-corrected chi connectivity index (χ0v) is 10.3. The molecule has 1 aromatic rings. The molecule has 92 valence electrons. The van der Waals surface area contributed by atoms with Gasteiger partial charge in [-0.05, 0) is 29.7 Å². The summed E-state index contributed by atoms with van der Waals surface area (Å²) in [7, 11) is 0. The van der Waals surface area contributed by atoms with E-state index in [0.717, 1.165) is 32.0 Å². The maximum Gasteiger partial charge on any atom is 0.167 e. The van der Waals surface area contributed by atoms with Crippen LogP contribution < -0.4 is 5.73 Å². The van der Waals surface area contributed by atoms with E-state index < -0.39 is 0 Å². The van der Waals surface area contributed by atoms with E-state index in [1.54, 1.807) is 4.68 Å². The molecule has 0 aliphatic rings. The largest absolute Gasteiger partial charge is 0.381 e. The van der Waals surface area contributed by atoms with Gasteiger partial charge in [-0.1, -0.05) is 13.8 Å². The van der Waals surface area contributed by atoms with Gasteiger partial charge in [0.05, 0.1) is 6.04 Å². The number of tetrazole rings is 1. The second kappa shape index (κ2) is 6.55. The van der Waals surface area contributed by atoms with Crippen molar-refractivity contribution in [2.45, 2.75) is 39.8 Å². The van der Waals surface area contributed by atoms with Gasteiger partial charge >= 0.3 is 0 Å². The predicted molar refractivity (Wildman–Crippen MR) is 60.7 cm³/mol. The Morgan fingerprint density at radius 3 is 2.75 bits per heavy atom. The molecule has 0 aromatic carbocycles. The third-order valence-electron chi connectivity index (χ3n) is 2.08. The summed E-state index contributed by atoms with van der Waals surface area (Å²) in [6.07, 6.45) is 0.900. The Morgan fingerprint density at radius 1 is 1.38 bits per heavy atom. The lowest BCUT2D eigenvalue weighted by atomic mass is 10.2. The summed E-state index contributed by atoms with van der Waals surface area (Å²) in [5.41, 5.74) is 5.73. The fourth-order valence-corrected chi connectivity index (χ4v) is 1.33. The third-order valence-corrected chi connectivity index (χ3v) is 2.08. The fraction of sp³-hybridized carbons (Fsp3) is 0.900. The van der Waals surface area contributed by atoms with Crippen LogP contribution in [0.1, 0.15) is 39.1 Å². The van der Waals surface area contributed by atoms with Gasteiger partial charge in [-0.3, -0.25) is 0 Å². The zero-order valence-electron chi connectivity index (χ0n) is 10.3. The van der Waals surface area contributed by atoms with Crippen LogP contribution in [0.2, 0.25) is 0 Å². The summed E-state index contributed by atoms with van der Waals surface area (Å²) in [6.45, 7) is 8.43. The van der Waals surface area contributed by atoms with E-state index in [2.05, 4.69) is 29.4 Å². The van der Waals surface area contributed by atoms with E-state index in [1.165, 1.54) is 0 Å². The minimum Gasteiger partial charge on any atom is -0.381 e.